The minimum Gasteiger partial charge on any atom is -0.362 e. The number of nitrogens with one attached hydrogen (secondary N) is 1. The van der Waals surface area contributed by atoms with Crippen molar-refractivity contribution in [1.29, 1.82) is 0 Å². The molecule has 2 rings (SSSR count). The van der Waals surface area contributed by atoms with Crippen LogP contribution >= 0.6 is 11.3 Å². The lowest BCUT2D eigenvalue weighted by molar-refractivity contribution is 0.128. The molecule has 0 saturated carbocycles. The van der Waals surface area contributed by atoms with Crippen LogP contribution in [0, 0.1) is 0 Å². The molecule has 0 amide bonds. The van der Waals surface area contributed by atoms with Crippen molar-refractivity contribution in [3.8, 4) is 0 Å². The van der Waals surface area contributed by atoms with Crippen LogP contribution in [0.4, 0.5) is 5.13 Å². The summed E-state index contributed by atoms with van der Waals surface area (Å²) in [5.41, 5.74) is 0. The average Bonchev–Trinajstić information content (AvgIpc) is 2.87. The van der Waals surface area contributed by atoms with Gasteiger partial charge in [0.05, 0.1) is 0 Å². The number of nitrogens with zero attached hydrogens (tertiary/aromatic N) is 3. The summed E-state index contributed by atoms with van der Waals surface area (Å²) in [7, 11) is 0. The van der Waals surface area contributed by atoms with E-state index in [-0.39, 0.29) is 0 Å². The SMILES string of the molecule is CCCNc1ncc(CN2CCN(CCC)CC2)s1. The highest BCUT2D eigenvalue weighted by molar-refractivity contribution is 7.15. The van der Waals surface area contributed by atoms with Gasteiger partial charge in [-0.25, -0.2) is 4.98 Å². The van der Waals surface area contributed by atoms with Gasteiger partial charge in [0.15, 0.2) is 5.13 Å². The molecule has 0 unspecified atom stereocenters. The fourth-order valence-corrected chi connectivity index (χ4v) is 3.28. The van der Waals surface area contributed by atoms with E-state index in [4.69, 9.17) is 0 Å². The highest BCUT2D eigenvalue weighted by atomic mass is 32.1. The minimum absolute atomic E-state index is 1.02. The molecule has 4 nitrogen and oxygen atoms in total. The lowest BCUT2D eigenvalue weighted by Gasteiger charge is -2.34. The van der Waals surface area contributed by atoms with Crippen LogP contribution < -0.4 is 5.32 Å². The Morgan fingerprint density at radius 1 is 1.16 bits per heavy atom. The van der Waals surface area contributed by atoms with E-state index in [9.17, 15) is 0 Å². The van der Waals surface area contributed by atoms with Gasteiger partial charge in [0, 0.05) is 50.3 Å². The molecule has 19 heavy (non-hydrogen) atoms. The number of anilines is 1. The first-order valence-electron chi connectivity index (χ1n) is 7.45. The zero-order chi connectivity index (χ0) is 13.5. The molecule has 1 aliphatic heterocycles. The third-order valence-electron chi connectivity index (χ3n) is 3.46. The Labute approximate surface area is 120 Å². The van der Waals surface area contributed by atoms with Crippen LogP contribution in [-0.4, -0.2) is 54.1 Å². The Morgan fingerprint density at radius 2 is 1.89 bits per heavy atom. The lowest BCUT2D eigenvalue weighted by Crippen LogP contribution is -2.45. The van der Waals surface area contributed by atoms with E-state index in [1.54, 1.807) is 11.3 Å². The van der Waals surface area contributed by atoms with Crippen molar-refractivity contribution >= 4 is 16.5 Å². The third-order valence-corrected chi connectivity index (χ3v) is 4.40. The number of rotatable bonds is 7. The Balaban J connectivity index is 1.74. The van der Waals surface area contributed by atoms with E-state index in [1.165, 1.54) is 44.0 Å². The molecule has 0 aromatic carbocycles. The first-order chi connectivity index (χ1) is 9.31. The molecule has 1 saturated heterocycles. The molecule has 0 radical (unpaired) electrons. The maximum atomic E-state index is 4.43. The number of aromatic nitrogens is 1. The summed E-state index contributed by atoms with van der Waals surface area (Å²) in [6.45, 7) is 12.6. The van der Waals surface area contributed by atoms with Crippen molar-refractivity contribution in [1.82, 2.24) is 14.8 Å². The van der Waals surface area contributed by atoms with E-state index < -0.39 is 0 Å². The monoisotopic (exact) mass is 282 g/mol. The Hall–Kier alpha value is -0.650. The molecule has 0 spiro atoms. The number of hydrogen-bond donors (Lipinski definition) is 1. The molecule has 0 bridgehead atoms. The highest BCUT2D eigenvalue weighted by Gasteiger charge is 2.16. The van der Waals surface area contributed by atoms with Crippen molar-refractivity contribution in [2.75, 3.05) is 44.6 Å². The average molecular weight is 282 g/mol. The van der Waals surface area contributed by atoms with Crippen LogP contribution in [0.1, 0.15) is 31.6 Å². The fraction of sp³-hybridized carbons (Fsp3) is 0.786. The van der Waals surface area contributed by atoms with Crippen molar-refractivity contribution in [3.05, 3.63) is 11.1 Å². The lowest BCUT2D eigenvalue weighted by atomic mass is 10.3. The van der Waals surface area contributed by atoms with Crippen molar-refractivity contribution in [2.45, 2.75) is 33.2 Å². The summed E-state index contributed by atoms with van der Waals surface area (Å²) in [6.07, 6.45) is 4.44. The summed E-state index contributed by atoms with van der Waals surface area (Å²) in [6, 6.07) is 0. The standard InChI is InChI=1S/C14H26N4S/c1-3-5-15-14-16-11-13(19-14)12-18-9-7-17(6-4-2)8-10-18/h11H,3-10,12H2,1-2H3,(H,15,16). The number of hydrogen-bond acceptors (Lipinski definition) is 5. The van der Waals surface area contributed by atoms with Crippen LogP contribution in [-0.2, 0) is 6.54 Å². The van der Waals surface area contributed by atoms with Crippen LogP contribution in [0.15, 0.2) is 6.20 Å². The van der Waals surface area contributed by atoms with E-state index in [0.29, 0.717) is 0 Å². The van der Waals surface area contributed by atoms with Gasteiger partial charge in [-0.3, -0.25) is 4.90 Å². The van der Waals surface area contributed by atoms with Crippen molar-refractivity contribution in [2.24, 2.45) is 0 Å². The maximum Gasteiger partial charge on any atom is 0.182 e. The summed E-state index contributed by atoms with van der Waals surface area (Å²) >= 11 is 1.80. The van der Waals surface area contributed by atoms with Gasteiger partial charge in [-0.15, -0.1) is 11.3 Å². The van der Waals surface area contributed by atoms with E-state index in [1.807, 2.05) is 6.20 Å². The Bertz CT molecular complexity index is 358. The number of piperazine rings is 1. The summed E-state index contributed by atoms with van der Waals surface area (Å²) < 4.78 is 0. The van der Waals surface area contributed by atoms with Gasteiger partial charge in [0.25, 0.3) is 0 Å². The van der Waals surface area contributed by atoms with Crippen LogP contribution in [0.2, 0.25) is 0 Å². The predicted octanol–water partition coefficient (Wildman–Crippen LogP) is 2.49. The minimum atomic E-state index is 1.02. The fourth-order valence-electron chi connectivity index (χ4n) is 2.40. The van der Waals surface area contributed by atoms with Crippen molar-refractivity contribution < 1.29 is 0 Å². The molecule has 1 aromatic rings. The summed E-state index contributed by atoms with van der Waals surface area (Å²) in [4.78, 5) is 10.9. The molecule has 1 N–H and O–H groups in total. The Kier molecular flexibility index (Phi) is 6.07. The van der Waals surface area contributed by atoms with Crippen LogP contribution in [0.25, 0.3) is 0 Å². The second kappa shape index (κ2) is 7.82. The van der Waals surface area contributed by atoms with Crippen molar-refractivity contribution in [3.63, 3.8) is 0 Å². The molecule has 0 aliphatic carbocycles. The predicted molar refractivity (Wildman–Crippen MR) is 82.9 cm³/mol. The first-order valence-corrected chi connectivity index (χ1v) is 8.26. The van der Waals surface area contributed by atoms with Gasteiger partial charge < -0.3 is 10.2 Å². The van der Waals surface area contributed by atoms with Gasteiger partial charge in [-0.1, -0.05) is 13.8 Å². The van der Waals surface area contributed by atoms with Crippen LogP contribution in [0.5, 0.6) is 0 Å². The second-order valence-corrected chi connectivity index (χ2v) is 6.29. The highest BCUT2D eigenvalue weighted by Crippen LogP contribution is 2.20. The smallest absolute Gasteiger partial charge is 0.182 e. The van der Waals surface area contributed by atoms with E-state index >= 15 is 0 Å². The zero-order valence-corrected chi connectivity index (χ0v) is 13.0. The largest absolute Gasteiger partial charge is 0.362 e. The van der Waals surface area contributed by atoms with E-state index in [2.05, 4.69) is 33.9 Å². The molecule has 1 aromatic heterocycles. The quantitative estimate of drug-likeness (QED) is 0.832. The van der Waals surface area contributed by atoms with Gasteiger partial charge in [-0.2, -0.15) is 0 Å². The topological polar surface area (TPSA) is 31.4 Å². The zero-order valence-electron chi connectivity index (χ0n) is 12.2. The van der Waals surface area contributed by atoms with Crippen LogP contribution in [0.3, 0.4) is 0 Å². The molecular weight excluding hydrogens is 256 g/mol. The molecule has 2 heterocycles. The summed E-state index contributed by atoms with van der Waals surface area (Å²) in [5, 5.41) is 4.43. The molecular formula is C14H26N4S. The molecule has 1 fully saturated rings. The summed E-state index contributed by atoms with van der Waals surface area (Å²) in [5.74, 6) is 0. The molecule has 1 aliphatic rings. The Morgan fingerprint density at radius 3 is 2.58 bits per heavy atom. The molecule has 108 valence electrons. The third kappa shape index (κ3) is 4.75. The molecule has 5 heteroatoms. The maximum absolute atomic E-state index is 4.43. The van der Waals surface area contributed by atoms with Gasteiger partial charge in [0.1, 0.15) is 0 Å². The first kappa shape index (κ1) is 14.8. The van der Waals surface area contributed by atoms with Gasteiger partial charge >= 0.3 is 0 Å². The van der Waals surface area contributed by atoms with E-state index in [0.717, 1.165) is 24.6 Å². The normalized spacial score (nSPS) is 17.8. The molecule has 0 atom stereocenters. The second-order valence-electron chi connectivity index (χ2n) is 5.18. The van der Waals surface area contributed by atoms with Gasteiger partial charge in [0.2, 0.25) is 0 Å². The number of thiazole rings is 1. The van der Waals surface area contributed by atoms with Gasteiger partial charge in [-0.05, 0) is 19.4 Å².